The lowest BCUT2D eigenvalue weighted by Crippen LogP contribution is -2.25. The number of halogens is 1. The summed E-state index contributed by atoms with van der Waals surface area (Å²) in [5.74, 6) is 4.47. The second kappa shape index (κ2) is 11.5. The summed E-state index contributed by atoms with van der Waals surface area (Å²) in [7, 11) is -3.43. The van der Waals surface area contributed by atoms with Gasteiger partial charge in [-0.05, 0) is 44.4 Å². The average molecular weight is 449 g/mol. The molecule has 0 radical (unpaired) electrons. The van der Waals surface area contributed by atoms with Gasteiger partial charge in [-0.15, -0.1) is 11.6 Å². The van der Waals surface area contributed by atoms with Crippen molar-refractivity contribution >= 4 is 27.4 Å². The molecule has 5 atom stereocenters. The first-order valence-electron chi connectivity index (χ1n) is 10.6. The van der Waals surface area contributed by atoms with Gasteiger partial charge in [-0.25, -0.2) is 8.42 Å². The molecule has 2 saturated carbocycles. The van der Waals surface area contributed by atoms with Crippen LogP contribution in [0.5, 0.6) is 0 Å². The topological polar surface area (TPSA) is 101 Å². The van der Waals surface area contributed by atoms with E-state index < -0.39 is 33.9 Å². The van der Waals surface area contributed by atoms with Gasteiger partial charge in [0, 0.05) is 5.38 Å². The Morgan fingerprint density at radius 1 is 1.24 bits per heavy atom. The minimum absolute atomic E-state index is 0.115. The highest BCUT2D eigenvalue weighted by Gasteiger charge is 2.41. The van der Waals surface area contributed by atoms with Gasteiger partial charge in [0.15, 0.2) is 9.84 Å². The first-order chi connectivity index (χ1) is 13.7. The van der Waals surface area contributed by atoms with Gasteiger partial charge in [-0.3, -0.25) is 4.79 Å². The van der Waals surface area contributed by atoms with E-state index in [1.807, 2.05) is 0 Å². The second-order valence-electron chi connectivity index (χ2n) is 8.14. The van der Waals surface area contributed by atoms with Gasteiger partial charge >= 0.3 is 5.97 Å². The highest BCUT2D eigenvalue weighted by Crippen LogP contribution is 2.38. The quantitative estimate of drug-likeness (QED) is 0.335. The zero-order chi connectivity index (χ0) is 21.4. The van der Waals surface area contributed by atoms with Crippen molar-refractivity contribution in [3.63, 3.8) is 0 Å². The third-order valence-electron chi connectivity index (χ3n) is 5.99. The van der Waals surface area contributed by atoms with Crippen LogP contribution < -0.4 is 0 Å². The molecule has 6 nitrogen and oxygen atoms in total. The first-order valence-corrected chi connectivity index (χ1v) is 12.9. The van der Waals surface area contributed by atoms with E-state index in [1.54, 1.807) is 6.92 Å². The Labute approximate surface area is 179 Å². The molecule has 0 aromatic heterocycles. The van der Waals surface area contributed by atoms with Crippen molar-refractivity contribution in [3.05, 3.63) is 0 Å². The Morgan fingerprint density at radius 3 is 2.59 bits per heavy atom. The number of carbonyl (C=O) groups is 1. The average Bonchev–Trinajstić information content (AvgIpc) is 2.96. The number of hydrogen-bond donors (Lipinski definition) is 2. The van der Waals surface area contributed by atoms with E-state index in [2.05, 4.69) is 11.8 Å². The first kappa shape index (κ1) is 24.5. The van der Waals surface area contributed by atoms with Crippen LogP contribution >= 0.6 is 11.6 Å². The zero-order valence-electron chi connectivity index (χ0n) is 17.1. The van der Waals surface area contributed by atoms with Gasteiger partial charge in [0.25, 0.3) is 0 Å². The third-order valence-corrected chi connectivity index (χ3v) is 8.17. The predicted octanol–water partition coefficient (Wildman–Crippen LogP) is 2.29. The van der Waals surface area contributed by atoms with Crippen LogP contribution in [0.15, 0.2) is 0 Å². The van der Waals surface area contributed by atoms with Crippen LogP contribution in [0.2, 0.25) is 0 Å². The minimum atomic E-state index is -3.43. The van der Waals surface area contributed by atoms with Crippen LogP contribution in [0.25, 0.3) is 0 Å². The Kier molecular flexibility index (Phi) is 9.74. The number of alkyl halides is 1. The van der Waals surface area contributed by atoms with Crippen molar-refractivity contribution in [2.24, 2.45) is 17.8 Å². The summed E-state index contributed by atoms with van der Waals surface area (Å²) in [6.07, 6.45) is 4.34. The molecule has 0 aliphatic heterocycles. The standard InChI is InChI=1S/C21H33ClO6S/c1-2-28-21(25)11-13-29(26,27)12-10-16-17(20(24)14-18(16)22)8-9-19(23)15-6-4-3-5-7-15/h15-20,23-24H,2-7,10-14H2,1H3/t16-,17-,18-,19-,20-/m1/s1. The molecule has 0 unspecified atom stereocenters. The zero-order valence-corrected chi connectivity index (χ0v) is 18.6. The molecule has 2 aliphatic carbocycles. The summed E-state index contributed by atoms with van der Waals surface area (Å²) < 4.78 is 29.3. The van der Waals surface area contributed by atoms with E-state index in [4.69, 9.17) is 16.3 Å². The molecule has 2 N–H and O–H groups in total. The Morgan fingerprint density at radius 2 is 1.93 bits per heavy atom. The monoisotopic (exact) mass is 448 g/mol. The molecule has 0 heterocycles. The van der Waals surface area contributed by atoms with Crippen LogP contribution in [0.4, 0.5) is 0 Å². The largest absolute Gasteiger partial charge is 0.466 e. The van der Waals surface area contributed by atoms with Gasteiger partial charge < -0.3 is 14.9 Å². The van der Waals surface area contributed by atoms with Crippen molar-refractivity contribution in [2.45, 2.75) is 75.9 Å². The molecule has 0 bridgehead atoms. The smallest absolute Gasteiger partial charge is 0.306 e. The normalized spacial score (nSPS) is 29.1. The summed E-state index contributed by atoms with van der Waals surface area (Å²) in [5, 5.41) is 20.3. The number of aliphatic hydroxyl groups is 2. The lowest BCUT2D eigenvalue weighted by atomic mass is 9.85. The molecule has 2 aliphatic rings. The number of carbonyl (C=O) groups excluding carboxylic acids is 1. The number of ether oxygens (including phenoxy) is 1. The van der Waals surface area contributed by atoms with E-state index >= 15 is 0 Å². The SMILES string of the molecule is CCOC(=O)CCS(=O)(=O)CC[C@@H]1[C@@H](C#C[C@@H](O)C2CCCCC2)[C@H](O)C[C@H]1Cl. The molecular weight excluding hydrogens is 416 g/mol. The van der Waals surface area contributed by atoms with Crippen LogP contribution in [-0.4, -0.2) is 60.3 Å². The lowest BCUT2D eigenvalue weighted by molar-refractivity contribution is -0.142. The maximum Gasteiger partial charge on any atom is 0.306 e. The van der Waals surface area contributed by atoms with Crippen molar-refractivity contribution in [1.29, 1.82) is 0 Å². The number of rotatable bonds is 8. The molecule has 2 fully saturated rings. The fourth-order valence-electron chi connectivity index (χ4n) is 4.27. The third kappa shape index (κ3) is 7.75. The van der Waals surface area contributed by atoms with Crippen molar-refractivity contribution in [2.75, 3.05) is 18.1 Å². The molecule has 0 spiro atoms. The van der Waals surface area contributed by atoms with Gasteiger partial charge in [0.05, 0.1) is 36.6 Å². The molecule has 0 saturated heterocycles. The Balaban J connectivity index is 1.94. The fourth-order valence-corrected chi connectivity index (χ4v) is 6.04. The molecule has 166 valence electrons. The summed E-state index contributed by atoms with van der Waals surface area (Å²) in [4.78, 5) is 11.4. The number of sulfone groups is 1. The number of aliphatic hydroxyl groups excluding tert-OH is 2. The van der Waals surface area contributed by atoms with E-state index in [9.17, 15) is 23.4 Å². The van der Waals surface area contributed by atoms with Gasteiger partial charge in [0.2, 0.25) is 0 Å². The van der Waals surface area contributed by atoms with E-state index in [-0.39, 0.29) is 48.2 Å². The molecule has 29 heavy (non-hydrogen) atoms. The number of hydrogen-bond acceptors (Lipinski definition) is 6. The van der Waals surface area contributed by atoms with E-state index in [0.717, 1.165) is 25.7 Å². The summed E-state index contributed by atoms with van der Waals surface area (Å²) in [6, 6.07) is 0. The van der Waals surface area contributed by atoms with Crippen LogP contribution in [0.1, 0.15) is 58.3 Å². The summed E-state index contributed by atoms with van der Waals surface area (Å²) in [6.45, 7) is 1.89. The Bertz CT molecular complexity index is 692. The molecule has 0 amide bonds. The molecule has 8 heteroatoms. The fraction of sp³-hybridized carbons (Fsp3) is 0.857. The minimum Gasteiger partial charge on any atom is -0.466 e. The maximum atomic E-state index is 12.3. The van der Waals surface area contributed by atoms with Crippen molar-refractivity contribution < 1.29 is 28.2 Å². The summed E-state index contributed by atoms with van der Waals surface area (Å²) in [5.41, 5.74) is 0. The molecule has 0 aromatic rings. The molecule has 0 aromatic carbocycles. The van der Waals surface area contributed by atoms with Gasteiger partial charge in [0.1, 0.15) is 6.10 Å². The van der Waals surface area contributed by atoms with Crippen LogP contribution in [-0.2, 0) is 19.4 Å². The van der Waals surface area contributed by atoms with Crippen molar-refractivity contribution in [1.82, 2.24) is 0 Å². The lowest BCUT2D eigenvalue weighted by Gasteiger charge is -2.24. The Hall–Kier alpha value is -0.810. The van der Waals surface area contributed by atoms with Crippen molar-refractivity contribution in [3.8, 4) is 11.8 Å². The number of esters is 1. The predicted molar refractivity (Wildman–Crippen MR) is 112 cm³/mol. The highest BCUT2D eigenvalue weighted by molar-refractivity contribution is 7.91. The van der Waals surface area contributed by atoms with E-state index in [1.165, 1.54) is 6.42 Å². The molecular formula is C21H33ClO6S. The second-order valence-corrected chi connectivity index (χ2v) is 11.0. The maximum absolute atomic E-state index is 12.3. The molecule has 2 rings (SSSR count). The van der Waals surface area contributed by atoms with Gasteiger partial charge in [-0.2, -0.15) is 0 Å². The van der Waals surface area contributed by atoms with Crippen LogP contribution in [0, 0.1) is 29.6 Å². The summed E-state index contributed by atoms with van der Waals surface area (Å²) >= 11 is 6.37. The highest BCUT2D eigenvalue weighted by atomic mass is 35.5. The van der Waals surface area contributed by atoms with Gasteiger partial charge in [-0.1, -0.05) is 31.1 Å². The van der Waals surface area contributed by atoms with Crippen LogP contribution in [0.3, 0.4) is 0 Å². The van der Waals surface area contributed by atoms with E-state index in [0.29, 0.717) is 6.42 Å².